The van der Waals surface area contributed by atoms with Crippen LogP contribution in [-0.2, 0) is 0 Å². The highest BCUT2D eigenvalue weighted by atomic mass is 14.7. The van der Waals surface area contributed by atoms with Gasteiger partial charge in [-0.2, -0.15) is 0 Å². The summed E-state index contributed by atoms with van der Waals surface area (Å²) in [5.41, 5.74) is 34.5. The number of pyridine rings is 6. The molecule has 0 atom stereocenters. The van der Waals surface area contributed by atoms with Gasteiger partial charge in [0.05, 0.1) is 39.3 Å². The maximum atomic E-state index is 5.17. The smallest absolute Gasteiger partial charge is 0.0716 e. The van der Waals surface area contributed by atoms with Crippen molar-refractivity contribution in [3.8, 4) is 156 Å². The number of nitrogens with zero attached hydrogens (tertiary/aromatic N) is 6. The highest BCUT2D eigenvalue weighted by Crippen LogP contribution is 2.46. The van der Waals surface area contributed by atoms with Crippen LogP contribution in [-0.4, -0.2) is 29.9 Å². The fourth-order valence-corrected chi connectivity index (χ4v) is 22.4. The molecule has 6 aromatic heterocycles. The van der Waals surface area contributed by atoms with E-state index < -0.39 is 0 Å². The normalized spacial score (nSPS) is 11.5. The Morgan fingerprint density at radius 3 is 0.613 bits per heavy atom. The van der Waals surface area contributed by atoms with E-state index in [9.17, 15) is 0 Å². The third-order valence-electron chi connectivity index (χ3n) is 29.8. The molecule has 29 rings (SSSR count). The lowest BCUT2D eigenvalue weighted by molar-refractivity contribution is 1.32. The third-order valence-corrected chi connectivity index (χ3v) is 29.8. The van der Waals surface area contributed by atoms with Crippen molar-refractivity contribution < 1.29 is 0 Å². The Bertz CT molecular complexity index is 9830. The molecule has 6 heterocycles. The lowest BCUT2D eigenvalue weighted by Gasteiger charge is -2.13. The Kier molecular flexibility index (Phi) is 22.9. The van der Waals surface area contributed by atoms with Crippen molar-refractivity contribution in [3.63, 3.8) is 0 Å². The van der Waals surface area contributed by atoms with Crippen LogP contribution in [0.15, 0.2) is 559 Å². The van der Waals surface area contributed by atoms with Crippen molar-refractivity contribution in [2.75, 3.05) is 0 Å². The van der Waals surface area contributed by atoms with Crippen LogP contribution in [0, 0.1) is 0 Å². The molecule has 0 spiro atoms. The van der Waals surface area contributed by atoms with Crippen LogP contribution in [0.4, 0.5) is 0 Å². The molecule has 0 fully saturated rings. The standard InChI is InChI=1S/2C50H32N2.C44H28N2/c1-2-15-43-41(13-1)42-14-3-4-16-44(42)48-31-39(23-24-45(43)48)37-10-7-9-36(29-37)38-11-8-12-40(30-38)50-32-47(46-17-5-6-18-49(46)52-50)35-21-19-33(20-22-35)34-25-27-51-28-26-34;1-2-12-33(13-3-1)48-27-25-39(32-51-48)46-31-50(52-49-23-9-8-22-45(46)49)38-17-11-16-36(29-38)34-14-10-15-35(28-34)37-24-26-44-42-20-5-4-18-40(42)41-19-6-7-21-43(41)47(44)30-37;1-2-15-37-35(13-1)36-14-3-4-16-38(36)42-27-33(19-20-39(37)42)31-10-7-9-30(25-31)32-11-8-12-34(26-32)44-28-41(29-21-23-45-24-22-29)40-17-5-6-18-43(40)46-44/h2*1-32H;1-28H. The number of para-hydroxylation sites is 3. The minimum absolute atomic E-state index is 0.937. The van der Waals surface area contributed by atoms with Gasteiger partial charge in [-0.15, -0.1) is 0 Å². The summed E-state index contributed by atoms with van der Waals surface area (Å²) >= 11 is 0. The van der Waals surface area contributed by atoms with Gasteiger partial charge in [0.25, 0.3) is 0 Å². The predicted molar refractivity (Wildman–Crippen MR) is 632 cm³/mol. The Morgan fingerprint density at radius 2 is 0.313 bits per heavy atom. The zero-order valence-electron chi connectivity index (χ0n) is 81.8. The Morgan fingerprint density at radius 1 is 0.107 bits per heavy atom. The lowest BCUT2D eigenvalue weighted by atomic mass is 9.91. The zero-order valence-corrected chi connectivity index (χ0v) is 81.8. The van der Waals surface area contributed by atoms with E-state index in [0.717, 1.165) is 128 Å². The summed E-state index contributed by atoms with van der Waals surface area (Å²) < 4.78 is 0. The molecule has 0 aliphatic rings. The van der Waals surface area contributed by atoms with Gasteiger partial charge in [-0.3, -0.25) is 15.0 Å². The molecule has 0 aliphatic heterocycles. The molecule has 150 heavy (non-hydrogen) atoms. The second-order valence-corrected chi connectivity index (χ2v) is 38.6. The molecule has 0 unspecified atom stereocenters. The molecule has 29 aromatic rings. The Balaban J connectivity index is 0.000000111. The van der Waals surface area contributed by atoms with E-state index in [0.29, 0.717) is 0 Å². The monoisotopic (exact) mass is 1900 g/mol. The number of fused-ring (bicyclic) bond motifs is 21. The summed E-state index contributed by atoms with van der Waals surface area (Å²) in [6.07, 6.45) is 9.34. The van der Waals surface area contributed by atoms with E-state index >= 15 is 0 Å². The number of hydrogen-bond donors (Lipinski definition) is 0. The highest BCUT2D eigenvalue weighted by molar-refractivity contribution is 6.29. The van der Waals surface area contributed by atoms with Crippen molar-refractivity contribution in [1.82, 2.24) is 29.9 Å². The van der Waals surface area contributed by atoms with E-state index in [1.165, 1.54) is 158 Å². The second-order valence-electron chi connectivity index (χ2n) is 38.6. The number of benzene rings is 23. The topological polar surface area (TPSA) is 77.3 Å². The largest absolute Gasteiger partial charge is 0.265 e. The third kappa shape index (κ3) is 16.9. The van der Waals surface area contributed by atoms with Gasteiger partial charge in [-0.05, 0) is 324 Å². The summed E-state index contributed by atoms with van der Waals surface area (Å²) in [5.74, 6) is 0. The molecule has 0 bridgehead atoms. The molecule has 698 valence electrons. The Hall–Kier alpha value is -19.9. The van der Waals surface area contributed by atoms with E-state index in [1.807, 2.05) is 61.3 Å². The van der Waals surface area contributed by atoms with Crippen LogP contribution >= 0.6 is 0 Å². The molecule has 0 aliphatic carbocycles. The average Bonchev–Trinajstić information content (AvgIpc) is 0.865. The molecule has 0 saturated heterocycles. The molecule has 6 heteroatoms. The van der Waals surface area contributed by atoms with E-state index in [2.05, 4.69) is 507 Å². The molecule has 6 nitrogen and oxygen atoms in total. The fraction of sp³-hybridized carbons (Fsp3) is 0. The van der Waals surface area contributed by atoms with Crippen molar-refractivity contribution in [2.45, 2.75) is 0 Å². The second kappa shape index (κ2) is 38.6. The first-order chi connectivity index (χ1) is 74.3. The SMILES string of the molecule is c1cc(-c2cccc(-c3cc(-c4ccc(-c5ccncc5)cc4)c4ccccc4n3)c2)cc(-c2ccc3c4ccccc4c4ccccc4c3c2)c1.c1cc(-c2cccc(-c3cc(-c4ccncc4)c4ccccc4n3)c2)cc(-c2ccc3c4ccccc4c4ccccc4c3c2)c1.c1ccc(-c2ccc(-c3cc(-c4cccc(-c5cccc(-c6ccc7c8ccccc8c8ccccc8c7c6)c5)c4)nc4ccccc34)cn2)cc1. The molecule has 0 amide bonds. The molecular formula is C144H92N6. The summed E-state index contributed by atoms with van der Waals surface area (Å²) in [5, 5.41) is 26.6. The van der Waals surface area contributed by atoms with Crippen LogP contribution in [0.5, 0.6) is 0 Å². The maximum absolute atomic E-state index is 5.17. The Labute approximate surface area is 868 Å². The summed E-state index contributed by atoms with van der Waals surface area (Å²) in [4.78, 5) is 28.7. The quantitative estimate of drug-likeness (QED) is 0.101. The average molecular weight is 1910 g/mol. The van der Waals surface area contributed by atoms with Crippen molar-refractivity contribution in [3.05, 3.63) is 559 Å². The van der Waals surface area contributed by atoms with Crippen LogP contribution in [0.3, 0.4) is 0 Å². The van der Waals surface area contributed by atoms with Gasteiger partial charge in [0.15, 0.2) is 0 Å². The molecular weight excluding hydrogens is 1810 g/mol. The first-order valence-electron chi connectivity index (χ1n) is 51.1. The molecule has 0 saturated carbocycles. The van der Waals surface area contributed by atoms with Gasteiger partial charge in [-0.25, -0.2) is 15.0 Å². The van der Waals surface area contributed by atoms with Gasteiger partial charge < -0.3 is 0 Å². The van der Waals surface area contributed by atoms with Crippen LogP contribution in [0.1, 0.15) is 0 Å². The maximum Gasteiger partial charge on any atom is 0.0716 e. The van der Waals surface area contributed by atoms with E-state index in [-0.39, 0.29) is 0 Å². The predicted octanol–water partition coefficient (Wildman–Crippen LogP) is 38.6. The van der Waals surface area contributed by atoms with Crippen molar-refractivity contribution >= 4 is 130 Å². The van der Waals surface area contributed by atoms with Gasteiger partial charge in [0, 0.05) is 75.0 Å². The van der Waals surface area contributed by atoms with E-state index in [4.69, 9.17) is 19.9 Å². The minimum Gasteiger partial charge on any atom is -0.265 e. The van der Waals surface area contributed by atoms with E-state index in [1.54, 1.807) is 0 Å². The number of hydrogen-bond acceptors (Lipinski definition) is 6. The van der Waals surface area contributed by atoms with Crippen LogP contribution < -0.4 is 0 Å². The van der Waals surface area contributed by atoms with Gasteiger partial charge in [0.2, 0.25) is 0 Å². The highest BCUT2D eigenvalue weighted by Gasteiger charge is 2.21. The lowest BCUT2D eigenvalue weighted by Crippen LogP contribution is -1.91. The molecule has 0 N–H and O–H groups in total. The zero-order chi connectivity index (χ0) is 99.3. The van der Waals surface area contributed by atoms with Crippen molar-refractivity contribution in [2.24, 2.45) is 0 Å². The summed E-state index contributed by atoms with van der Waals surface area (Å²) in [6, 6.07) is 190. The molecule has 0 radical (unpaired) electrons. The first-order valence-corrected chi connectivity index (χ1v) is 51.1. The first kappa shape index (κ1) is 89.0. The fourth-order valence-electron chi connectivity index (χ4n) is 22.4. The molecule has 23 aromatic carbocycles. The van der Waals surface area contributed by atoms with Crippen LogP contribution in [0.25, 0.3) is 286 Å². The summed E-state index contributed by atoms with van der Waals surface area (Å²) in [6.45, 7) is 0. The van der Waals surface area contributed by atoms with Gasteiger partial charge in [0.1, 0.15) is 0 Å². The minimum atomic E-state index is 0.937. The number of aromatic nitrogens is 6. The summed E-state index contributed by atoms with van der Waals surface area (Å²) in [7, 11) is 0. The van der Waals surface area contributed by atoms with Gasteiger partial charge in [-0.1, -0.05) is 406 Å². The van der Waals surface area contributed by atoms with Gasteiger partial charge >= 0.3 is 0 Å². The van der Waals surface area contributed by atoms with Crippen molar-refractivity contribution in [1.29, 1.82) is 0 Å². The number of rotatable bonds is 14. The van der Waals surface area contributed by atoms with Crippen LogP contribution in [0.2, 0.25) is 0 Å².